The molecule has 0 fully saturated rings. The van der Waals surface area contributed by atoms with Crippen molar-refractivity contribution in [3.05, 3.63) is 71.9 Å². The maximum absolute atomic E-state index is 4.72. The topological polar surface area (TPSA) is 17.3 Å². The lowest BCUT2D eigenvalue weighted by molar-refractivity contribution is 1.23. The largest absolute Gasteiger partial charge is 0.300 e. The Balaban J connectivity index is 1.91. The zero-order chi connectivity index (χ0) is 13.1. The molecule has 0 bridgehead atoms. The summed E-state index contributed by atoms with van der Waals surface area (Å²) >= 11 is 0. The number of rotatable bonds is 0. The zero-order valence-corrected chi connectivity index (χ0v) is 10.9. The minimum absolute atomic E-state index is 1.01. The summed E-state index contributed by atoms with van der Waals surface area (Å²) in [5.41, 5.74) is 8.83. The predicted octanol–water partition coefficient (Wildman–Crippen LogP) is 4.06. The van der Waals surface area contributed by atoms with Crippen LogP contribution in [0.5, 0.6) is 0 Å². The van der Waals surface area contributed by atoms with Crippen LogP contribution >= 0.6 is 0 Å². The van der Waals surface area contributed by atoms with Crippen LogP contribution in [-0.4, -0.2) is 9.38 Å². The van der Waals surface area contributed by atoms with E-state index in [1.807, 2.05) is 6.07 Å². The Morgan fingerprint density at radius 3 is 2.75 bits per heavy atom. The van der Waals surface area contributed by atoms with Crippen LogP contribution in [0.3, 0.4) is 0 Å². The van der Waals surface area contributed by atoms with Crippen molar-refractivity contribution in [2.75, 3.05) is 0 Å². The van der Waals surface area contributed by atoms with Crippen LogP contribution in [0.25, 0.3) is 27.8 Å². The van der Waals surface area contributed by atoms with Crippen molar-refractivity contribution in [3.63, 3.8) is 0 Å². The van der Waals surface area contributed by atoms with E-state index >= 15 is 0 Å². The quantitative estimate of drug-likeness (QED) is 0.408. The number of hydrogen-bond donors (Lipinski definition) is 0. The predicted molar refractivity (Wildman–Crippen MR) is 80.9 cm³/mol. The molecule has 0 unspecified atom stereocenters. The summed E-state index contributed by atoms with van der Waals surface area (Å²) in [6.45, 7) is 0. The van der Waals surface area contributed by atoms with Gasteiger partial charge in [0.05, 0.1) is 11.0 Å². The third-order valence-corrected chi connectivity index (χ3v) is 4.22. The molecule has 5 rings (SSSR count). The Bertz CT molecular complexity index is 979. The fraction of sp³-hybridized carbons (Fsp3) is 0.0556. The van der Waals surface area contributed by atoms with Crippen molar-refractivity contribution >= 4 is 16.7 Å². The first kappa shape index (κ1) is 10.2. The first-order chi connectivity index (χ1) is 9.90. The van der Waals surface area contributed by atoms with E-state index < -0.39 is 0 Å². The molecule has 0 N–H and O–H groups in total. The van der Waals surface area contributed by atoms with Gasteiger partial charge in [0.2, 0.25) is 0 Å². The van der Waals surface area contributed by atoms with Gasteiger partial charge in [0, 0.05) is 6.20 Å². The van der Waals surface area contributed by atoms with Crippen molar-refractivity contribution in [2.24, 2.45) is 0 Å². The third kappa shape index (κ3) is 1.21. The number of benzene rings is 2. The lowest BCUT2D eigenvalue weighted by Gasteiger charge is -2.01. The maximum Gasteiger partial charge on any atom is 0.137 e. The van der Waals surface area contributed by atoms with Gasteiger partial charge in [0.1, 0.15) is 5.65 Å². The van der Waals surface area contributed by atoms with Crippen LogP contribution in [0.1, 0.15) is 11.1 Å². The van der Waals surface area contributed by atoms with E-state index in [9.17, 15) is 0 Å². The summed E-state index contributed by atoms with van der Waals surface area (Å²) < 4.78 is 2.16. The highest BCUT2D eigenvalue weighted by Gasteiger charge is 2.19. The summed E-state index contributed by atoms with van der Waals surface area (Å²) in [4.78, 5) is 4.72. The van der Waals surface area contributed by atoms with E-state index in [-0.39, 0.29) is 0 Å². The highest BCUT2D eigenvalue weighted by molar-refractivity contribution is 5.90. The van der Waals surface area contributed by atoms with E-state index in [1.165, 1.54) is 27.8 Å². The lowest BCUT2D eigenvalue weighted by atomic mass is 10.1. The molecule has 2 aromatic carbocycles. The molecule has 0 spiro atoms. The van der Waals surface area contributed by atoms with Gasteiger partial charge >= 0.3 is 0 Å². The van der Waals surface area contributed by atoms with Gasteiger partial charge in [-0.1, -0.05) is 30.3 Å². The van der Waals surface area contributed by atoms with Crippen LogP contribution in [0.4, 0.5) is 0 Å². The number of pyridine rings is 1. The third-order valence-electron chi connectivity index (χ3n) is 4.22. The van der Waals surface area contributed by atoms with Gasteiger partial charge in [-0.25, -0.2) is 4.98 Å². The van der Waals surface area contributed by atoms with Crippen LogP contribution in [0, 0.1) is 0 Å². The normalized spacial score (nSPS) is 12.8. The number of hydrogen-bond acceptors (Lipinski definition) is 1. The zero-order valence-electron chi connectivity index (χ0n) is 10.9. The fourth-order valence-corrected chi connectivity index (χ4v) is 3.29. The van der Waals surface area contributed by atoms with E-state index in [0.29, 0.717) is 0 Å². The van der Waals surface area contributed by atoms with Crippen LogP contribution in [-0.2, 0) is 6.42 Å². The smallest absolute Gasteiger partial charge is 0.137 e. The second-order valence-electron chi connectivity index (χ2n) is 5.37. The molecular weight excluding hydrogens is 244 g/mol. The lowest BCUT2D eigenvalue weighted by Crippen LogP contribution is -1.84. The van der Waals surface area contributed by atoms with Crippen LogP contribution in [0.2, 0.25) is 0 Å². The number of nitrogens with zero attached hydrogens (tertiary/aromatic N) is 2. The molecule has 1 aliphatic rings. The summed E-state index contributed by atoms with van der Waals surface area (Å²) in [6.07, 6.45) is 3.10. The first-order valence-electron chi connectivity index (χ1n) is 6.88. The molecule has 0 radical (unpaired) electrons. The summed E-state index contributed by atoms with van der Waals surface area (Å²) in [7, 11) is 0. The van der Waals surface area contributed by atoms with Crippen molar-refractivity contribution in [3.8, 4) is 11.1 Å². The minimum Gasteiger partial charge on any atom is -0.300 e. The summed E-state index contributed by atoms with van der Waals surface area (Å²) in [5, 5.41) is 0. The Labute approximate surface area is 116 Å². The molecule has 94 valence electrons. The van der Waals surface area contributed by atoms with E-state index in [0.717, 1.165) is 17.6 Å². The second kappa shape index (κ2) is 3.48. The van der Waals surface area contributed by atoms with Crippen molar-refractivity contribution in [1.82, 2.24) is 9.38 Å². The molecule has 2 nitrogen and oxygen atoms in total. The molecule has 4 aromatic rings. The highest BCUT2D eigenvalue weighted by atomic mass is 15.0. The summed E-state index contributed by atoms with van der Waals surface area (Å²) in [6, 6.07) is 19.3. The van der Waals surface area contributed by atoms with Crippen molar-refractivity contribution < 1.29 is 0 Å². The monoisotopic (exact) mass is 256 g/mol. The van der Waals surface area contributed by atoms with E-state index in [4.69, 9.17) is 4.98 Å². The molecule has 2 aromatic heterocycles. The maximum atomic E-state index is 4.72. The number of aromatic nitrogens is 2. The van der Waals surface area contributed by atoms with E-state index in [2.05, 4.69) is 59.1 Å². The standard InChI is InChI=1S/C18H12N2/c1-2-6-14-12(5-1)9-13-10-16-17(11-15(13)14)20-8-4-3-7-18(20)19-16/h1-8,10-11H,9H2. The Hall–Kier alpha value is -2.61. The SMILES string of the molecule is c1ccc2c(c1)Cc1cc3nc4ccccn4c3cc1-2. The van der Waals surface area contributed by atoms with Gasteiger partial charge in [-0.05, 0) is 52.9 Å². The molecule has 20 heavy (non-hydrogen) atoms. The fourth-order valence-electron chi connectivity index (χ4n) is 3.29. The van der Waals surface area contributed by atoms with Gasteiger partial charge in [-0.2, -0.15) is 0 Å². The first-order valence-corrected chi connectivity index (χ1v) is 6.88. The molecule has 2 heterocycles. The Morgan fingerprint density at radius 1 is 0.850 bits per heavy atom. The Morgan fingerprint density at radius 2 is 1.75 bits per heavy atom. The van der Waals surface area contributed by atoms with Gasteiger partial charge in [0.15, 0.2) is 0 Å². The van der Waals surface area contributed by atoms with Crippen LogP contribution in [0.15, 0.2) is 60.8 Å². The molecule has 0 saturated heterocycles. The number of imidazole rings is 1. The molecule has 0 amide bonds. The molecule has 0 aliphatic heterocycles. The molecule has 0 atom stereocenters. The molecular formula is C18H12N2. The van der Waals surface area contributed by atoms with E-state index in [1.54, 1.807) is 0 Å². The van der Waals surface area contributed by atoms with Gasteiger partial charge in [0.25, 0.3) is 0 Å². The van der Waals surface area contributed by atoms with Crippen molar-refractivity contribution in [2.45, 2.75) is 6.42 Å². The molecule has 1 aliphatic carbocycles. The average molecular weight is 256 g/mol. The summed E-state index contributed by atoms with van der Waals surface area (Å²) in [5.74, 6) is 0. The van der Waals surface area contributed by atoms with Gasteiger partial charge < -0.3 is 0 Å². The molecule has 0 saturated carbocycles. The average Bonchev–Trinajstić information content (AvgIpc) is 3.02. The second-order valence-corrected chi connectivity index (χ2v) is 5.37. The van der Waals surface area contributed by atoms with Gasteiger partial charge in [-0.3, -0.25) is 4.40 Å². The van der Waals surface area contributed by atoms with Crippen LogP contribution < -0.4 is 0 Å². The van der Waals surface area contributed by atoms with Crippen molar-refractivity contribution in [1.29, 1.82) is 0 Å². The highest BCUT2D eigenvalue weighted by Crippen LogP contribution is 2.38. The Kier molecular flexibility index (Phi) is 1.78. The number of fused-ring (bicyclic) bond motifs is 6. The minimum atomic E-state index is 1.01. The molecule has 2 heteroatoms. The van der Waals surface area contributed by atoms with Gasteiger partial charge in [-0.15, -0.1) is 0 Å².